The minimum atomic E-state index is -0.669. The summed E-state index contributed by atoms with van der Waals surface area (Å²) >= 11 is 0. The van der Waals surface area contributed by atoms with E-state index in [-0.39, 0.29) is 5.78 Å². The van der Waals surface area contributed by atoms with Gasteiger partial charge in [0.15, 0.2) is 5.78 Å². The first kappa shape index (κ1) is 22.6. The van der Waals surface area contributed by atoms with E-state index in [1.807, 2.05) is 0 Å². The Bertz CT molecular complexity index is 249. The number of hydrogen-bond donors (Lipinski definition) is 0. The zero-order valence-electron chi connectivity index (χ0n) is 15.9. The summed E-state index contributed by atoms with van der Waals surface area (Å²) in [6, 6.07) is 0. The lowest BCUT2D eigenvalue weighted by Gasteiger charge is -2.11. The van der Waals surface area contributed by atoms with Gasteiger partial charge in [0.2, 0.25) is 6.29 Å². The molecule has 0 aliphatic heterocycles. The number of carbonyl (C=O) groups is 1. The maximum Gasteiger partial charge on any atom is 0.217 e. The fourth-order valence-corrected chi connectivity index (χ4v) is 2.97. The highest BCUT2D eigenvalue weighted by atomic mass is 16.7. The maximum atomic E-state index is 11.7. The average Bonchev–Trinajstić information content (AvgIpc) is 2.56. The van der Waals surface area contributed by atoms with E-state index in [0.29, 0.717) is 6.42 Å². The van der Waals surface area contributed by atoms with Crippen LogP contribution in [-0.4, -0.2) is 26.3 Å². The number of methoxy groups -OCH3 is 2. The number of Topliss-reactive ketones (excluding diaryl/α,β-unsaturated/α-hetero) is 1. The number of carbonyl (C=O) groups excluding carboxylic acids is 1. The molecule has 0 unspecified atom stereocenters. The van der Waals surface area contributed by atoms with Crippen molar-refractivity contribution < 1.29 is 14.3 Å². The SMILES string of the molecule is CCCCCCCCCCCCCCCCC(=O)C(OC)OC. The van der Waals surface area contributed by atoms with Crippen LogP contribution in [0.15, 0.2) is 0 Å². The molecule has 0 bridgehead atoms. The molecule has 138 valence electrons. The van der Waals surface area contributed by atoms with Crippen LogP contribution in [0.3, 0.4) is 0 Å². The standard InChI is InChI=1S/C20H40O3/c1-4-5-6-7-8-9-10-11-12-13-14-15-16-17-18-19(21)20(22-2)23-3/h20H,4-18H2,1-3H3. The molecule has 23 heavy (non-hydrogen) atoms. The third kappa shape index (κ3) is 14.9. The Morgan fingerprint density at radius 3 is 1.35 bits per heavy atom. The molecule has 0 radical (unpaired) electrons. The van der Waals surface area contributed by atoms with Gasteiger partial charge in [0.05, 0.1) is 0 Å². The predicted molar refractivity (Wildman–Crippen MR) is 97.7 cm³/mol. The molecular weight excluding hydrogens is 288 g/mol. The largest absolute Gasteiger partial charge is 0.349 e. The van der Waals surface area contributed by atoms with Crippen molar-refractivity contribution in [3.8, 4) is 0 Å². The molecule has 0 rings (SSSR count). The van der Waals surface area contributed by atoms with Gasteiger partial charge in [0.25, 0.3) is 0 Å². The summed E-state index contributed by atoms with van der Waals surface area (Å²) < 4.78 is 9.92. The maximum absolute atomic E-state index is 11.7. The molecule has 0 spiro atoms. The van der Waals surface area contributed by atoms with Crippen LogP contribution in [0, 0.1) is 0 Å². The zero-order chi connectivity index (χ0) is 17.2. The van der Waals surface area contributed by atoms with Crippen molar-refractivity contribution in [3.63, 3.8) is 0 Å². The van der Waals surface area contributed by atoms with Gasteiger partial charge < -0.3 is 9.47 Å². The Morgan fingerprint density at radius 1 is 0.652 bits per heavy atom. The smallest absolute Gasteiger partial charge is 0.217 e. The van der Waals surface area contributed by atoms with E-state index in [4.69, 9.17) is 9.47 Å². The highest BCUT2D eigenvalue weighted by Crippen LogP contribution is 2.13. The van der Waals surface area contributed by atoms with Crippen molar-refractivity contribution in [1.29, 1.82) is 0 Å². The molecule has 3 heteroatoms. The molecule has 0 saturated carbocycles. The molecule has 0 aromatic carbocycles. The lowest BCUT2D eigenvalue weighted by atomic mass is 10.0. The van der Waals surface area contributed by atoms with Gasteiger partial charge in [-0.25, -0.2) is 0 Å². The van der Waals surface area contributed by atoms with Gasteiger partial charge in [-0.15, -0.1) is 0 Å². The lowest BCUT2D eigenvalue weighted by molar-refractivity contribution is -0.156. The molecule has 0 aromatic heterocycles. The second-order valence-corrected chi connectivity index (χ2v) is 6.62. The summed E-state index contributed by atoms with van der Waals surface area (Å²) in [5.41, 5.74) is 0. The van der Waals surface area contributed by atoms with E-state index < -0.39 is 6.29 Å². The van der Waals surface area contributed by atoms with Gasteiger partial charge in [-0.2, -0.15) is 0 Å². The number of hydrogen-bond acceptors (Lipinski definition) is 3. The molecule has 0 saturated heterocycles. The summed E-state index contributed by atoms with van der Waals surface area (Å²) in [6.07, 6.45) is 18.6. The van der Waals surface area contributed by atoms with Crippen LogP contribution in [0.25, 0.3) is 0 Å². The van der Waals surface area contributed by atoms with Gasteiger partial charge in [-0.1, -0.05) is 90.4 Å². The quantitative estimate of drug-likeness (QED) is 0.227. The monoisotopic (exact) mass is 328 g/mol. The fraction of sp³-hybridized carbons (Fsp3) is 0.950. The molecule has 0 aliphatic carbocycles. The molecule has 3 nitrogen and oxygen atoms in total. The van der Waals surface area contributed by atoms with Crippen LogP contribution >= 0.6 is 0 Å². The van der Waals surface area contributed by atoms with Crippen LogP contribution in [-0.2, 0) is 14.3 Å². The van der Waals surface area contributed by atoms with E-state index in [0.717, 1.165) is 12.8 Å². The summed E-state index contributed by atoms with van der Waals surface area (Å²) in [5.74, 6) is 0.0638. The second kappa shape index (κ2) is 17.9. The Kier molecular flexibility index (Phi) is 17.6. The van der Waals surface area contributed by atoms with Gasteiger partial charge in [-0.05, 0) is 6.42 Å². The molecule has 0 aliphatic rings. The molecule has 0 aromatic rings. The molecule has 0 fully saturated rings. The van der Waals surface area contributed by atoms with Gasteiger partial charge in [-0.3, -0.25) is 4.79 Å². The van der Waals surface area contributed by atoms with E-state index in [2.05, 4.69) is 6.92 Å². The van der Waals surface area contributed by atoms with Gasteiger partial charge in [0, 0.05) is 20.6 Å². The van der Waals surface area contributed by atoms with Crippen molar-refractivity contribution in [1.82, 2.24) is 0 Å². The Balaban J connectivity index is 3.17. The van der Waals surface area contributed by atoms with Gasteiger partial charge >= 0.3 is 0 Å². The van der Waals surface area contributed by atoms with E-state index >= 15 is 0 Å². The minimum absolute atomic E-state index is 0.0638. The lowest BCUT2D eigenvalue weighted by Crippen LogP contribution is -2.24. The highest BCUT2D eigenvalue weighted by Gasteiger charge is 2.15. The summed E-state index contributed by atoms with van der Waals surface area (Å²) in [5, 5.41) is 0. The van der Waals surface area contributed by atoms with Crippen LogP contribution in [0.5, 0.6) is 0 Å². The normalized spacial score (nSPS) is 11.3. The number of ether oxygens (including phenoxy) is 2. The Hall–Kier alpha value is -0.410. The minimum Gasteiger partial charge on any atom is -0.349 e. The van der Waals surface area contributed by atoms with Crippen LogP contribution in [0.4, 0.5) is 0 Å². The number of rotatable bonds is 18. The van der Waals surface area contributed by atoms with E-state index in [1.165, 1.54) is 91.3 Å². The van der Waals surface area contributed by atoms with Crippen molar-refractivity contribution in [3.05, 3.63) is 0 Å². The molecule has 0 N–H and O–H groups in total. The van der Waals surface area contributed by atoms with Crippen LogP contribution in [0.1, 0.15) is 103 Å². The summed E-state index contributed by atoms with van der Waals surface area (Å²) in [4.78, 5) is 11.7. The van der Waals surface area contributed by atoms with Gasteiger partial charge in [0.1, 0.15) is 0 Å². The zero-order valence-corrected chi connectivity index (χ0v) is 15.9. The van der Waals surface area contributed by atoms with Crippen molar-refractivity contribution in [2.24, 2.45) is 0 Å². The first-order chi connectivity index (χ1) is 11.3. The Labute approximate surface area is 144 Å². The first-order valence-electron chi connectivity index (χ1n) is 9.84. The number of ketones is 1. The fourth-order valence-electron chi connectivity index (χ4n) is 2.97. The van der Waals surface area contributed by atoms with Crippen molar-refractivity contribution >= 4 is 5.78 Å². The molecule has 0 amide bonds. The van der Waals surface area contributed by atoms with Crippen molar-refractivity contribution in [2.75, 3.05) is 14.2 Å². The molecule has 0 atom stereocenters. The first-order valence-corrected chi connectivity index (χ1v) is 9.84. The Morgan fingerprint density at radius 2 is 1.00 bits per heavy atom. The van der Waals surface area contributed by atoms with E-state index in [1.54, 1.807) is 0 Å². The molecular formula is C20H40O3. The highest BCUT2D eigenvalue weighted by molar-refractivity contribution is 5.81. The number of unbranched alkanes of at least 4 members (excludes halogenated alkanes) is 13. The third-order valence-corrected chi connectivity index (χ3v) is 4.47. The van der Waals surface area contributed by atoms with Crippen molar-refractivity contribution in [2.45, 2.75) is 110 Å². The average molecular weight is 329 g/mol. The summed E-state index contributed by atoms with van der Waals surface area (Å²) in [7, 11) is 3.02. The third-order valence-electron chi connectivity index (χ3n) is 4.47. The van der Waals surface area contributed by atoms with Crippen LogP contribution < -0.4 is 0 Å². The second-order valence-electron chi connectivity index (χ2n) is 6.62. The predicted octanol–water partition coefficient (Wildman–Crippen LogP) is 6.05. The van der Waals surface area contributed by atoms with Crippen LogP contribution in [0.2, 0.25) is 0 Å². The summed E-state index contributed by atoms with van der Waals surface area (Å²) in [6.45, 7) is 2.27. The van der Waals surface area contributed by atoms with E-state index in [9.17, 15) is 4.79 Å². The topological polar surface area (TPSA) is 35.5 Å². The molecule has 0 heterocycles.